The van der Waals surface area contributed by atoms with Crippen molar-refractivity contribution in [1.29, 1.82) is 0 Å². The summed E-state index contributed by atoms with van der Waals surface area (Å²) >= 11 is 5.75. The Morgan fingerprint density at radius 2 is 2.19 bits per heavy atom. The largest absolute Gasteiger partial charge is 0.226 e. The highest BCUT2D eigenvalue weighted by Gasteiger charge is 2.08. The van der Waals surface area contributed by atoms with E-state index >= 15 is 0 Å². The van der Waals surface area contributed by atoms with Crippen LogP contribution in [0, 0.1) is 5.82 Å². The maximum Gasteiger partial charge on any atom is 0.222 e. The van der Waals surface area contributed by atoms with Gasteiger partial charge in [-0.25, -0.2) is 14.4 Å². The van der Waals surface area contributed by atoms with E-state index in [4.69, 9.17) is 11.6 Å². The Labute approximate surface area is 98.1 Å². The van der Waals surface area contributed by atoms with Crippen LogP contribution in [0.5, 0.6) is 0 Å². The molecule has 0 atom stereocenters. The minimum Gasteiger partial charge on any atom is -0.226 e. The van der Waals surface area contributed by atoms with E-state index in [0.29, 0.717) is 5.69 Å². The van der Waals surface area contributed by atoms with Crippen molar-refractivity contribution in [2.75, 3.05) is 0 Å². The standard InChI is InChI=1S/C12H10ClFN2/c1-2-8-7-15-12(13)16-11(8)9-4-3-5-10(14)6-9/h3-7H,2H2,1H3. The number of halogens is 2. The fraction of sp³-hybridized carbons (Fsp3) is 0.167. The molecule has 0 unspecified atom stereocenters. The maximum atomic E-state index is 13.1. The summed E-state index contributed by atoms with van der Waals surface area (Å²) in [5.41, 5.74) is 2.37. The molecule has 1 heterocycles. The Balaban J connectivity index is 2.58. The molecule has 2 nitrogen and oxygen atoms in total. The van der Waals surface area contributed by atoms with Crippen molar-refractivity contribution in [3.63, 3.8) is 0 Å². The van der Waals surface area contributed by atoms with E-state index in [2.05, 4.69) is 9.97 Å². The summed E-state index contributed by atoms with van der Waals surface area (Å²) in [6.45, 7) is 2.00. The van der Waals surface area contributed by atoms with E-state index < -0.39 is 0 Å². The molecule has 0 saturated carbocycles. The molecular formula is C12H10ClFN2. The van der Waals surface area contributed by atoms with Crippen molar-refractivity contribution in [2.24, 2.45) is 0 Å². The van der Waals surface area contributed by atoms with Gasteiger partial charge in [-0.1, -0.05) is 19.1 Å². The zero-order chi connectivity index (χ0) is 11.5. The number of benzene rings is 1. The van der Waals surface area contributed by atoms with Crippen LogP contribution in [0.4, 0.5) is 4.39 Å². The smallest absolute Gasteiger partial charge is 0.222 e. The van der Waals surface area contributed by atoms with Crippen LogP contribution >= 0.6 is 11.6 Å². The Hall–Kier alpha value is -1.48. The van der Waals surface area contributed by atoms with Crippen LogP contribution < -0.4 is 0 Å². The highest BCUT2D eigenvalue weighted by atomic mass is 35.5. The molecule has 0 bridgehead atoms. The van der Waals surface area contributed by atoms with Gasteiger partial charge in [-0.2, -0.15) is 0 Å². The number of rotatable bonds is 2. The molecule has 0 fully saturated rings. The number of hydrogen-bond donors (Lipinski definition) is 0. The molecule has 2 rings (SSSR count). The second kappa shape index (κ2) is 4.58. The average molecular weight is 237 g/mol. The summed E-state index contributed by atoms with van der Waals surface area (Å²) in [7, 11) is 0. The Bertz CT molecular complexity index is 514. The molecule has 0 saturated heterocycles. The van der Waals surface area contributed by atoms with Gasteiger partial charge in [0.25, 0.3) is 0 Å². The monoisotopic (exact) mass is 236 g/mol. The summed E-state index contributed by atoms with van der Waals surface area (Å²) in [5.74, 6) is -0.283. The summed E-state index contributed by atoms with van der Waals surface area (Å²) in [4.78, 5) is 8.06. The number of nitrogens with zero attached hydrogens (tertiary/aromatic N) is 2. The lowest BCUT2D eigenvalue weighted by molar-refractivity contribution is 0.628. The van der Waals surface area contributed by atoms with Gasteiger partial charge in [-0.05, 0) is 35.7 Å². The average Bonchev–Trinajstić information content (AvgIpc) is 2.29. The van der Waals surface area contributed by atoms with Crippen LogP contribution in [0.3, 0.4) is 0 Å². The van der Waals surface area contributed by atoms with Gasteiger partial charge in [0.15, 0.2) is 0 Å². The van der Waals surface area contributed by atoms with Crippen molar-refractivity contribution in [3.05, 3.63) is 47.1 Å². The first kappa shape index (κ1) is 11.0. The van der Waals surface area contributed by atoms with E-state index in [9.17, 15) is 4.39 Å². The fourth-order valence-corrected chi connectivity index (χ4v) is 1.66. The second-order valence-corrected chi connectivity index (χ2v) is 3.71. The van der Waals surface area contributed by atoms with Crippen molar-refractivity contribution < 1.29 is 4.39 Å². The highest BCUT2D eigenvalue weighted by Crippen LogP contribution is 2.23. The summed E-state index contributed by atoms with van der Waals surface area (Å²) < 4.78 is 13.1. The van der Waals surface area contributed by atoms with Gasteiger partial charge in [0.2, 0.25) is 5.28 Å². The molecule has 2 aromatic rings. The first-order valence-corrected chi connectivity index (χ1v) is 5.36. The van der Waals surface area contributed by atoms with Gasteiger partial charge in [0, 0.05) is 11.8 Å². The molecule has 0 aliphatic heterocycles. The summed E-state index contributed by atoms with van der Waals surface area (Å²) in [6, 6.07) is 6.30. The van der Waals surface area contributed by atoms with Crippen LogP contribution in [-0.2, 0) is 6.42 Å². The van der Waals surface area contributed by atoms with E-state index in [1.54, 1.807) is 18.3 Å². The lowest BCUT2D eigenvalue weighted by atomic mass is 10.1. The predicted molar refractivity (Wildman–Crippen MR) is 61.8 cm³/mol. The van der Waals surface area contributed by atoms with Crippen LogP contribution in [0.2, 0.25) is 5.28 Å². The third-order valence-electron chi connectivity index (χ3n) is 2.31. The minimum absolute atomic E-state index is 0.177. The van der Waals surface area contributed by atoms with Gasteiger partial charge in [-0.3, -0.25) is 0 Å². The van der Waals surface area contributed by atoms with Gasteiger partial charge in [0.1, 0.15) is 5.82 Å². The number of hydrogen-bond acceptors (Lipinski definition) is 2. The molecule has 0 amide bonds. The quantitative estimate of drug-likeness (QED) is 0.746. The number of aryl methyl sites for hydroxylation is 1. The van der Waals surface area contributed by atoms with Crippen molar-refractivity contribution in [2.45, 2.75) is 13.3 Å². The van der Waals surface area contributed by atoms with Gasteiger partial charge >= 0.3 is 0 Å². The molecule has 4 heteroatoms. The normalized spacial score (nSPS) is 10.4. The Morgan fingerprint density at radius 3 is 2.88 bits per heavy atom. The maximum absolute atomic E-state index is 13.1. The molecule has 0 N–H and O–H groups in total. The molecule has 1 aromatic carbocycles. The zero-order valence-corrected chi connectivity index (χ0v) is 9.50. The molecule has 16 heavy (non-hydrogen) atoms. The van der Waals surface area contributed by atoms with Crippen molar-refractivity contribution in [1.82, 2.24) is 9.97 Å². The molecule has 0 spiro atoms. The molecule has 0 aliphatic carbocycles. The van der Waals surface area contributed by atoms with Gasteiger partial charge < -0.3 is 0 Å². The SMILES string of the molecule is CCc1cnc(Cl)nc1-c1cccc(F)c1. The molecule has 1 aromatic heterocycles. The minimum atomic E-state index is -0.283. The lowest BCUT2D eigenvalue weighted by Gasteiger charge is -2.06. The van der Waals surface area contributed by atoms with Crippen LogP contribution in [0.25, 0.3) is 11.3 Å². The topological polar surface area (TPSA) is 25.8 Å². The molecular weight excluding hydrogens is 227 g/mol. The molecule has 82 valence electrons. The predicted octanol–water partition coefficient (Wildman–Crippen LogP) is 3.50. The Kier molecular flexibility index (Phi) is 3.15. The van der Waals surface area contributed by atoms with E-state index in [0.717, 1.165) is 17.5 Å². The third kappa shape index (κ3) is 2.19. The van der Waals surface area contributed by atoms with E-state index in [-0.39, 0.29) is 11.1 Å². The lowest BCUT2D eigenvalue weighted by Crippen LogP contribution is -1.95. The Morgan fingerprint density at radius 1 is 1.38 bits per heavy atom. The van der Waals surface area contributed by atoms with Crippen LogP contribution in [-0.4, -0.2) is 9.97 Å². The van der Waals surface area contributed by atoms with Crippen LogP contribution in [0.1, 0.15) is 12.5 Å². The van der Waals surface area contributed by atoms with Crippen LogP contribution in [0.15, 0.2) is 30.5 Å². The van der Waals surface area contributed by atoms with Crippen molar-refractivity contribution in [3.8, 4) is 11.3 Å². The second-order valence-electron chi connectivity index (χ2n) is 3.38. The third-order valence-corrected chi connectivity index (χ3v) is 2.50. The fourth-order valence-electron chi connectivity index (χ4n) is 1.53. The first-order chi connectivity index (χ1) is 7.70. The van der Waals surface area contributed by atoms with Crippen molar-refractivity contribution >= 4 is 11.6 Å². The van der Waals surface area contributed by atoms with Gasteiger partial charge in [-0.15, -0.1) is 0 Å². The van der Waals surface area contributed by atoms with E-state index in [1.165, 1.54) is 12.1 Å². The van der Waals surface area contributed by atoms with E-state index in [1.807, 2.05) is 6.92 Å². The molecule has 0 radical (unpaired) electrons. The highest BCUT2D eigenvalue weighted by molar-refractivity contribution is 6.28. The number of aromatic nitrogens is 2. The summed E-state index contributed by atoms with van der Waals surface area (Å²) in [6.07, 6.45) is 2.46. The summed E-state index contributed by atoms with van der Waals surface area (Å²) in [5, 5.41) is 0.177. The van der Waals surface area contributed by atoms with Gasteiger partial charge in [0.05, 0.1) is 5.69 Å². The zero-order valence-electron chi connectivity index (χ0n) is 8.74. The molecule has 0 aliphatic rings. The first-order valence-electron chi connectivity index (χ1n) is 4.98.